The average Bonchev–Trinajstić information content (AvgIpc) is 2.52. The maximum Gasteiger partial charge on any atom is 0.255 e. The quantitative estimate of drug-likeness (QED) is 0.794. The fourth-order valence-corrected chi connectivity index (χ4v) is 3.07. The Bertz CT molecular complexity index is 665. The van der Waals surface area contributed by atoms with Crippen molar-refractivity contribution in [1.82, 2.24) is 5.32 Å². The highest BCUT2D eigenvalue weighted by Crippen LogP contribution is 2.32. The van der Waals surface area contributed by atoms with E-state index in [1.807, 2.05) is 30.3 Å². The molecule has 1 fully saturated rings. The van der Waals surface area contributed by atoms with E-state index >= 15 is 0 Å². The molecule has 1 atom stereocenters. The minimum Gasteiger partial charge on any atom is -0.507 e. The highest BCUT2D eigenvalue weighted by atomic mass is 16.3. The fraction of sp³-hybridized carbons (Fsp3) is 0.316. The molecule has 0 spiro atoms. The molecule has 4 heteroatoms. The van der Waals surface area contributed by atoms with Crippen molar-refractivity contribution in [3.63, 3.8) is 0 Å². The van der Waals surface area contributed by atoms with E-state index < -0.39 is 0 Å². The first-order chi connectivity index (χ1) is 11.1. The number of rotatable bonds is 5. The van der Waals surface area contributed by atoms with Gasteiger partial charge in [0, 0.05) is 6.04 Å². The van der Waals surface area contributed by atoms with E-state index in [0.29, 0.717) is 12.8 Å². The first kappa shape index (κ1) is 15.6. The predicted molar refractivity (Wildman–Crippen MR) is 88.2 cm³/mol. The summed E-state index contributed by atoms with van der Waals surface area (Å²) in [5, 5.41) is 22.4. The lowest BCUT2D eigenvalue weighted by atomic mass is 9.75. The van der Waals surface area contributed by atoms with Gasteiger partial charge < -0.3 is 15.5 Å². The molecule has 4 nitrogen and oxygen atoms in total. The second kappa shape index (κ2) is 6.84. The van der Waals surface area contributed by atoms with Crippen LogP contribution in [0.15, 0.2) is 54.6 Å². The van der Waals surface area contributed by atoms with Crippen molar-refractivity contribution in [1.29, 1.82) is 0 Å². The van der Waals surface area contributed by atoms with Crippen LogP contribution in [0.3, 0.4) is 0 Å². The Morgan fingerprint density at radius 2 is 1.74 bits per heavy atom. The van der Waals surface area contributed by atoms with Crippen molar-refractivity contribution in [2.45, 2.75) is 31.4 Å². The van der Waals surface area contributed by atoms with Crippen molar-refractivity contribution in [3.05, 3.63) is 65.7 Å². The van der Waals surface area contributed by atoms with Crippen molar-refractivity contribution >= 4 is 5.91 Å². The lowest BCUT2D eigenvalue weighted by molar-refractivity contribution is 0.0239. The van der Waals surface area contributed by atoms with E-state index in [4.69, 9.17) is 0 Å². The Labute approximate surface area is 135 Å². The number of aliphatic hydroxyl groups excluding tert-OH is 1. The molecule has 1 amide bonds. The van der Waals surface area contributed by atoms with E-state index in [0.717, 1.165) is 12.0 Å². The van der Waals surface area contributed by atoms with Crippen LogP contribution in [0.1, 0.15) is 28.8 Å². The maximum atomic E-state index is 12.5. The Kier molecular flexibility index (Phi) is 4.63. The first-order valence-corrected chi connectivity index (χ1v) is 7.94. The Balaban J connectivity index is 1.73. The van der Waals surface area contributed by atoms with Crippen molar-refractivity contribution < 1.29 is 15.0 Å². The minimum absolute atomic E-state index is 0.0166. The van der Waals surface area contributed by atoms with Crippen LogP contribution in [0.4, 0.5) is 0 Å². The molecule has 120 valence electrons. The number of hydrogen-bond acceptors (Lipinski definition) is 3. The molecule has 3 N–H and O–H groups in total. The Hall–Kier alpha value is -2.33. The van der Waals surface area contributed by atoms with Crippen molar-refractivity contribution in [3.8, 4) is 5.75 Å². The third kappa shape index (κ3) is 3.71. The van der Waals surface area contributed by atoms with Gasteiger partial charge in [0.1, 0.15) is 5.75 Å². The molecule has 0 heterocycles. The van der Waals surface area contributed by atoms with Crippen molar-refractivity contribution in [2.24, 2.45) is 5.92 Å². The molecule has 2 aromatic rings. The van der Waals surface area contributed by atoms with Gasteiger partial charge in [0.25, 0.3) is 5.91 Å². The van der Waals surface area contributed by atoms with Crippen LogP contribution >= 0.6 is 0 Å². The zero-order valence-electron chi connectivity index (χ0n) is 12.9. The van der Waals surface area contributed by atoms with Gasteiger partial charge >= 0.3 is 0 Å². The van der Waals surface area contributed by atoms with Gasteiger partial charge in [-0.15, -0.1) is 0 Å². The molecule has 0 aromatic heterocycles. The smallest absolute Gasteiger partial charge is 0.255 e. The second-order valence-electron chi connectivity index (χ2n) is 6.17. The van der Waals surface area contributed by atoms with Crippen LogP contribution < -0.4 is 5.32 Å². The van der Waals surface area contributed by atoms with Crippen LogP contribution in [-0.4, -0.2) is 28.3 Å². The summed E-state index contributed by atoms with van der Waals surface area (Å²) < 4.78 is 0. The molecular weight excluding hydrogens is 290 g/mol. The third-order valence-corrected chi connectivity index (χ3v) is 4.48. The van der Waals surface area contributed by atoms with E-state index in [2.05, 4.69) is 5.32 Å². The minimum atomic E-state index is -0.273. The topological polar surface area (TPSA) is 69.6 Å². The molecule has 0 saturated heterocycles. The van der Waals surface area contributed by atoms with Gasteiger partial charge in [0.05, 0.1) is 11.7 Å². The standard InChI is InChI=1S/C19H21NO3/c21-15-11-14(12-15)17(10-13-6-2-1-3-7-13)20-19(23)16-8-4-5-9-18(16)22/h1-9,14-15,17,21-22H,10-12H2,(H,20,23)/t14?,15?,17-/m0/s1. The summed E-state index contributed by atoms with van der Waals surface area (Å²) in [4.78, 5) is 12.5. The number of hydrogen-bond donors (Lipinski definition) is 3. The number of phenolic OH excluding ortho intramolecular Hbond substituents is 1. The zero-order valence-corrected chi connectivity index (χ0v) is 12.9. The largest absolute Gasteiger partial charge is 0.507 e. The number of aromatic hydroxyl groups is 1. The molecular formula is C19H21NO3. The Morgan fingerprint density at radius 1 is 1.09 bits per heavy atom. The van der Waals surface area contributed by atoms with E-state index in [1.54, 1.807) is 18.2 Å². The summed E-state index contributed by atoms with van der Waals surface area (Å²) in [6.07, 6.45) is 1.87. The summed E-state index contributed by atoms with van der Waals surface area (Å²) in [5.41, 5.74) is 1.43. The molecule has 0 bridgehead atoms. The molecule has 0 aliphatic heterocycles. The number of para-hydroxylation sites is 1. The van der Waals surface area contributed by atoms with E-state index in [9.17, 15) is 15.0 Å². The van der Waals surface area contributed by atoms with Gasteiger partial charge in [-0.2, -0.15) is 0 Å². The summed E-state index contributed by atoms with van der Waals surface area (Å²) in [5.74, 6) is -0.0254. The van der Waals surface area contributed by atoms with Crippen LogP contribution in [0.5, 0.6) is 5.75 Å². The third-order valence-electron chi connectivity index (χ3n) is 4.48. The fourth-order valence-electron chi connectivity index (χ4n) is 3.07. The molecule has 1 aliphatic rings. The molecule has 3 rings (SSSR count). The summed E-state index contributed by atoms with van der Waals surface area (Å²) in [6.45, 7) is 0. The number of carbonyl (C=O) groups excluding carboxylic acids is 1. The molecule has 0 radical (unpaired) electrons. The number of carbonyl (C=O) groups is 1. The number of benzene rings is 2. The van der Waals surface area contributed by atoms with Crippen LogP contribution in [-0.2, 0) is 6.42 Å². The van der Waals surface area contributed by atoms with Gasteiger partial charge in [-0.05, 0) is 42.9 Å². The van der Waals surface area contributed by atoms with Crippen molar-refractivity contribution in [2.75, 3.05) is 0 Å². The highest BCUT2D eigenvalue weighted by Gasteiger charge is 2.35. The zero-order chi connectivity index (χ0) is 16.2. The second-order valence-corrected chi connectivity index (χ2v) is 6.17. The first-order valence-electron chi connectivity index (χ1n) is 7.94. The van der Waals surface area contributed by atoms with E-state index in [1.165, 1.54) is 6.07 Å². The molecule has 2 aromatic carbocycles. The van der Waals surface area contributed by atoms with E-state index in [-0.39, 0.29) is 35.3 Å². The Morgan fingerprint density at radius 3 is 2.39 bits per heavy atom. The van der Waals surface area contributed by atoms with Gasteiger partial charge in [-0.25, -0.2) is 0 Å². The van der Waals surface area contributed by atoms with Crippen LogP contribution in [0.2, 0.25) is 0 Å². The number of phenols is 1. The normalized spacial score (nSPS) is 21.3. The lowest BCUT2D eigenvalue weighted by Gasteiger charge is -2.38. The number of nitrogens with one attached hydrogen (secondary N) is 1. The van der Waals surface area contributed by atoms with Gasteiger partial charge in [-0.1, -0.05) is 42.5 Å². The summed E-state index contributed by atoms with van der Waals surface area (Å²) >= 11 is 0. The SMILES string of the molecule is O=C(N[C@@H](Cc1ccccc1)C1CC(O)C1)c1ccccc1O. The molecule has 1 aliphatic carbocycles. The van der Waals surface area contributed by atoms with Gasteiger partial charge in [0.15, 0.2) is 0 Å². The predicted octanol–water partition coefficient (Wildman–Crippen LogP) is 2.50. The molecule has 0 unspecified atom stereocenters. The molecule has 1 saturated carbocycles. The molecule has 23 heavy (non-hydrogen) atoms. The summed E-state index contributed by atoms with van der Waals surface area (Å²) in [6, 6.07) is 16.5. The summed E-state index contributed by atoms with van der Waals surface area (Å²) in [7, 11) is 0. The number of aliphatic hydroxyl groups is 1. The lowest BCUT2D eigenvalue weighted by Crippen LogP contribution is -2.48. The highest BCUT2D eigenvalue weighted by molar-refractivity contribution is 5.96. The van der Waals surface area contributed by atoms with Gasteiger partial charge in [0.2, 0.25) is 0 Å². The number of amides is 1. The van der Waals surface area contributed by atoms with Crippen LogP contribution in [0.25, 0.3) is 0 Å². The monoisotopic (exact) mass is 311 g/mol. The van der Waals surface area contributed by atoms with Gasteiger partial charge in [-0.3, -0.25) is 4.79 Å². The van der Waals surface area contributed by atoms with Crippen LogP contribution in [0, 0.1) is 5.92 Å². The maximum absolute atomic E-state index is 12.5. The average molecular weight is 311 g/mol.